The fourth-order valence-electron chi connectivity index (χ4n) is 7.23. The monoisotopic (exact) mass is 705 g/mol. The lowest BCUT2D eigenvalue weighted by atomic mass is 9.91. The molecule has 1 aliphatic carbocycles. The molecule has 3 aliphatic rings. The summed E-state index contributed by atoms with van der Waals surface area (Å²) in [6.07, 6.45) is 1.32. The topological polar surface area (TPSA) is 160 Å². The smallest absolute Gasteiger partial charge is 0.333 e. The lowest BCUT2D eigenvalue weighted by Crippen LogP contribution is -2.62. The Labute approximate surface area is 299 Å². The Morgan fingerprint density at radius 3 is 2.37 bits per heavy atom. The molecule has 4 amide bonds. The zero-order valence-electron chi connectivity index (χ0n) is 29.8. The summed E-state index contributed by atoms with van der Waals surface area (Å²) in [4.78, 5) is 72.4. The second kappa shape index (κ2) is 16.9. The fourth-order valence-corrected chi connectivity index (χ4v) is 7.23. The van der Waals surface area contributed by atoms with E-state index in [1.807, 2.05) is 80.3 Å². The van der Waals surface area contributed by atoms with Gasteiger partial charge in [0.1, 0.15) is 6.04 Å². The fraction of sp³-hybridized carbons (Fsp3) is 0.553. The number of rotatable bonds is 14. The van der Waals surface area contributed by atoms with Gasteiger partial charge in [-0.05, 0) is 76.1 Å². The molecule has 4 atom stereocenters. The molecule has 5 rings (SSSR count). The molecule has 0 spiro atoms. The minimum atomic E-state index is -0.964. The Hall–Kier alpha value is -4.17. The van der Waals surface area contributed by atoms with Gasteiger partial charge in [0.25, 0.3) is 11.8 Å². The lowest BCUT2D eigenvalue weighted by Gasteiger charge is -2.42. The lowest BCUT2D eigenvalue weighted by molar-refractivity contribution is -0.197. The van der Waals surface area contributed by atoms with Crippen molar-refractivity contribution < 1.29 is 39.1 Å². The Kier molecular flexibility index (Phi) is 12.6. The molecule has 276 valence electrons. The molecule has 0 saturated carbocycles. The number of nitrogens with one attached hydrogen (secondary N) is 1. The van der Waals surface area contributed by atoms with Crippen LogP contribution in [-0.2, 0) is 41.7 Å². The van der Waals surface area contributed by atoms with Crippen molar-refractivity contribution in [3.63, 3.8) is 0 Å². The molecule has 0 aromatic heterocycles. The zero-order chi connectivity index (χ0) is 36.7. The number of nitrogens with zero attached hydrogens (tertiary/aromatic N) is 4. The number of carbonyl (C=O) groups is 5. The van der Waals surface area contributed by atoms with E-state index >= 15 is 0 Å². The molecule has 2 aromatic rings. The summed E-state index contributed by atoms with van der Waals surface area (Å²) in [6, 6.07) is 16.3. The summed E-state index contributed by atoms with van der Waals surface area (Å²) in [5.74, 6) is -3.05. The van der Waals surface area contributed by atoms with Crippen LogP contribution < -0.4 is 5.32 Å². The van der Waals surface area contributed by atoms with Crippen molar-refractivity contribution in [1.29, 1.82) is 0 Å². The van der Waals surface area contributed by atoms with E-state index in [1.165, 1.54) is 0 Å². The number of fused-ring (bicyclic) bond motifs is 1. The maximum Gasteiger partial charge on any atom is 0.333 e. The number of hydroxylamine groups is 4. The van der Waals surface area contributed by atoms with Crippen molar-refractivity contribution in [2.75, 3.05) is 32.7 Å². The molecule has 2 saturated heterocycles. The summed E-state index contributed by atoms with van der Waals surface area (Å²) in [7, 11) is 0. The van der Waals surface area contributed by atoms with Gasteiger partial charge in [0, 0.05) is 56.9 Å². The summed E-state index contributed by atoms with van der Waals surface area (Å²) in [5, 5.41) is 27.2. The van der Waals surface area contributed by atoms with Gasteiger partial charge in [0.05, 0.1) is 12.1 Å². The number of hydrogen-bond donors (Lipinski definition) is 3. The van der Waals surface area contributed by atoms with Gasteiger partial charge in [0.2, 0.25) is 11.8 Å². The molecule has 2 aliphatic heterocycles. The van der Waals surface area contributed by atoms with E-state index in [2.05, 4.69) is 10.2 Å². The third-order valence-corrected chi connectivity index (χ3v) is 9.73. The first kappa shape index (κ1) is 38.1. The van der Waals surface area contributed by atoms with Gasteiger partial charge in [-0.1, -0.05) is 54.6 Å². The number of aryl methyl sites for hydroxylation is 1. The van der Waals surface area contributed by atoms with Crippen LogP contribution in [0.2, 0.25) is 0 Å². The van der Waals surface area contributed by atoms with E-state index in [4.69, 9.17) is 4.84 Å². The van der Waals surface area contributed by atoms with Gasteiger partial charge in [0.15, 0.2) is 0 Å². The zero-order valence-corrected chi connectivity index (χ0v) is 29.8. The molecule has 2 aromatic carbocycles. The second-order valence-corrected chi connectivity index (χ2v) is 14.9. The summed E-state index contributed by atoms with van der Waals surface area (Å²) >= 11 is 0. The van der Waals surface area contributed by atoms with Crippen molar-refractivity contribution in [3.8, 4) is 0 Å². The van der Waals surface area contributed by atoms with Gasteiger partial charge >= 0.3 is 5.97 Å². The molecule has 0 radical (unpaired) electrons. The van der Waals surface area contributed by atoms with E-state index in [-0.39, 0.29) is 38.1 Å². The number of amides is 4. The third kappa shape index (κ3) is 10.2. The van der Waals surface area contributed by atoms with Crippen LogP contribution in [0, 0.1) is 5.92 Å². The van der Waals surface area contributed by atoms with E-state index in [9.17, 15) is 34.3 Å². The van der Waals surface area contributed by atoms with Gasteiger partial charge in [-0.25, -0.2) is 9.86 Å². The van der Waals surface area contributed by atoms with Gasteiger partial charge in [-0.2, -0.15) is 0 Å². The number of benzene rings is 2. The van der Waals surface area contributed by atoms with Crippen LogP contribution in [0.5, 0.6) is 0 Å². The summed E-state index contributed by atoms with van der Waals surface area (Å²) in [6.45, 7) is 7.71. The highest BCUT2D eigenvalue weighted by molar-refractivity contribution is 6.01. The average Bonchev–Trinajstić information content (AvgIpc) is 3.66. The quantitative estimate of drug-likeness (QED) is 0.152. The summed E-state index contributed by atoms with van der Waals surface area (Å²) < 4.78 is 0. The van der Waals surface area contributed by atoms with Crippen LogP contribution in [0.25, 0.3) is 0 Å². The third-order valence-electron chi connectivity index (χ3n) is 9.73. The number of aliphatic hydroxyl groups excluding tert-OH is 1. The van der Waals surface area contributed by atoms with Crippen LogP contribution in [0.15, 0.2) is 54.6 Å². The van der Waals surface area contributed by atoms with E-state index in [0.29, 0.717) is 50.5 Å². The molecule has 3 N–H and O–H groups in total. The first-order valence-electron chi connectivity index (χ1n) is 18.0. The van der Waals surface area contributed by atoms with Gasteiger partial charge in [-0.3, -0.25) is 34.2 Å². The minimum absolute atomic E-state index is 0.00000910. The number of aliphatic hydroxyl groups is 1. The average molecular weight is 706 g/mol. The molecule has 51 heavy (non-hydrogen) atoms. The first-order valence-corrected chi connectivity index (χ1v) is 18.0. The highest BCUT2D eigenvalue weighted by Crippen LogP contribution is 2.36. The molecule has 13 heteroatoms. The SMILES string of the molecule is CC(C)(C)NC(=O)C1CN(CCCC(=O)ON2C(=O)CCC2=O)CCN1CC(O)CC(Cc1ccccc1)C(=O)N(O)C1CCc2ccccc21. The van der Waals surface area contributed by atoms with Crippen molar-refractivity contribution >= 4 is 29.6 Å². The molecule has 2 heterocycles. The predicted molar refractivity (Wildman–Crippen MR) is 187 cm³/mol. The molecule has 2 fully saturated rings. The Bertz CT molecular complexity index is 1550. The largest absolute Gasteiger partial charge is 0.392 e. The molecule has 0 bridgehead atoms. The minimum Gasteiger partial charge on any atom is -0.392 e. The molecular weight excluding hydrogens is 654 g/mol. The number of carbonyl (C=O) groups excluding carboxylic acids is 5. The number of β-amino-alcohol motifs (C(OH)–C–C–N with tert-alkyl or cyclic N) is 1. The van der Waals surface area contributed by atoms with Crippen molar-refractivity contribution in [3.05, 3.63) is 71.3 Å². The predicted octanol–water partition coefficient (Wildman–Crippen LogP) is 2.79. The maximum absolute atomic E-state index is 13.9. The number of hydrogen-bond acceptors (Lipinski definition) is 10. The van der Waals surface area contributed by atoms with Crippen LogP contribution in [0.1, 0.15) is 82.0 Å². The van der Waals surface area contributed by atoms with Crippen LogP contribution in [-0.4, -0.2) is 110 Å². The van der Waals surface area contributed by atoms with Crippen LogP contribution >= 0.6 is 0 Å². The normalized spacial score (nSPS) is 20.9. The second-order valence-electron chi connectivity index (χ2n) is 14.9. The Morgan fingerprint density at radius 1 is 0.980 bits per heavy atom. The number of piperazine rings is 1. The van der Waals surface area contributed by atoms with Gasteiger partial charge < -0.3 is 15.3 Å². The standard InChI is InChI=1S/C38H51N5O8/c1-38(2,3)39-36(48)32-25-40(19-9-14-35(47)51-43-33(45)17-18-34(43)46)20-21-41(32)24-29(44)23-28(22-26-10-5-4-6-11-26)37(49)42(50)31-16-15-27-12-7-8-13-30(27)31/h4-8,10-13,28-29,31-32,44,50H,9,14-25H2,1-3H3,(H,39,48). The first-order chi connectivity index (χ1) is 24.3. The Balaban J connectivity index is 1.22. The van der Waals surface area contributed by atoms with Crippen LogP contribution in [0.3, 0.4) is 0 Å². The Morgan fingerprint density at radius 2 is 1.67 bits per heavy atom. The van der Waals surface area contributed by atoms with Crippen molar-refractivity contribution in [1.82, 2.24) is 25.2 Å². The number of imide groups is 1. The van der Waals surface area contributed by atoms with Crippen molar-refractivity contribution in [2.45, 2.75) is 95.9 Å². The van der Waals surface area contributed by atoms with E-state index in [0.717, 1.165) is 28.2 Å². The van der Waals surface area contributed by atoms with Gasteiger partial charge in [-0.15, -0.1) is 5.06 Å². The molecule has 13 nitrogen and oxygen atoms in total. The van der Waals surface area contributed by atoms with Crippen LogP contribution in [0.4, 0.5) is 0 Å². The van der Waals surface area contributed by atoms with E-state index < -0.39 is 53.3 Å². The van der Waals surface area contributed by atoms with E-state index in [1.54, 1.807) is 0 Å². The summed E-state index contributed by atoms with van der Waals surface area (Å²) in [5.41, 5.74) is 2.48. The maximum atomic E-state index is 13.9. The molecular formula is C38H51N5O8. The highest BCUT2D eigenvalue weighted by atomic mass is 16.7. The van der Waals surface area contributed by atoms with Crippen molar-refractivity contribution in [2.24, 2.45) is 5.92 Å². The highest BCUT2D eigenvalue weighted by Gasteiger charge is 2.38. The molecule has 4 unspecified atom stereocenters.